The number of nitrogens with zero attached hydrogens (tertiary/aromatic N) is 3. The van der Waals surface area contributed by atoms with Crippen LogP contribution in [0.5, 0.6) is 0 Å². The van der Waals surface area contributed by atoms with Gasteiger partial charge in [0, 0.05) is 24.1 Å². The number of aliphatic carboxylic acids is 1. The van der Waals surface area contributed by atoms with Crippen LogP contribution in [0.15, 0.2) is 18.2 Å². The molecule has 6 nitrogen and oxygen atoms in total. The van der Waals surface area contributed by atoms with E-state index < -0.39 is 23.9 Å². The zero-order valence-electron chi connectivity index (χ0n) is 18.7. The third-order valence-electron chi connectivity index (χ3n) is 6.36. The van der Waals surface area contributed by atoms with Crippen molar-refractivity contribution in [2.24, 2.45) is 11.8 Å². The highest BCUT2D eigenvalue weighted by molar-refractivity contribution is 7.09. The number of carbonyl (C=O) groups is 1. The van der Waals surface area contributed by atoms with Crippen molar-refractivity contribution in [1.29, 1.82) is 0 Å². The van der Waals surface area contributed by atoms with Gasteiger partial charge in [-0.15, -0.1) is 0 Å². The second kappa shape index (κ2) is 9.48. The molecule has 1 aromatic carbocycles. The molecule has 2 atom stereocenters. The maximum atomic E-state index is 13.0. The van der Waals surface area contributed by atoms with Crippen molar-refractivity contribution in [3.05, 3.63) is 29.6 Å². The zero-order chi connectivity index (χ0) is 23.8. The predicted octanol–water partition coefficient (Wildman–Crippen LogP) is 6.28. The van der Waals surface area contributed by atoms with E-state index in [0.29, 0.717) is 35.6 Å². The van der Waals surface area contributed by atoms with Gasteiger partial charge in [-0.3, -0.25) is 4.79 Å². The average molecular weight is 483 g/mol. The standard InChI is InChI=1S/C23H29F3N4O2S/c1-13(2)12-30(15-6-4-3-5-7-15)19-9-8-14(16-11-17(16)20(31)32)10-18(19)27-22-28-21(29-33-22)23(24,25)26/h8-10,13,15-17H,3-7,11-12H2,1-2H3,(H,31,32)(H,27,28,29). The number of hydrogen-bond acceptors (Lipinski definition) is 6. The van der Waals surface area contributed by atoms with Gasteiger partial charge < -0.3 is 15.3 Å². The summed E-state index contributed by atoms with van der Waals surface area (Å²) in [6, 6.07) is 6.19. The molecule has 180 valence electrons. The van der Waals surface area contributed by atoms with Crippen LogP contribution in [-0.2, 0) is 11.0 Å². The van der Waals surface area contributed by atoms with E-state index in [0.717, 1.165) is 43.5 Å². The summed E-state index contributed by atoms with van der Waals surface area (Å²) in [4.78, 5) is 17.4. The minimum atomic E-state index is -4.60. The summed E-state index contributed by atoms with van der Waals surface area (Å²) in [7, 11) is 0. The lowest BCUT2D eigenvalue weighted by atomic mass is 9.92. The van der Waals surface area contributed by atoms with Crippen molar-refractivity contribution in [2.75, 3.05) is 16.8 Å². The molecule has 1 heterocycles. The molecular weight excluding hydrogens is 453 g/mol. The summed E-state index contributed by atoms with van der Waals surface area (Å²) < 4.78 is 42.5. The quantitative estimate of drug-likeness (QED) is 0.461. The number of aromatic nitrogens is 2. The Bertz CT molecular complexity index is 988. The van der Waals surface area contributed by atoms with Crippen molar-refractivity contribution in [2.45, 2.75) is 70.5 Å². The fourth-order valence-corrected chi connectivity index (χ4v) is 5.31. The number of anilines is 3. The third kappa shape index (κ3) is 5.59. The van der Waals surface area contributed by atoms with E-state index >= 15 is 0 Å². The highest BCUT2D eigenvalue weighted by Crippen LogP contribution is 2.49. The van der Waals surface area contributed by atoms with Crippen LogP contribution in [0.25, 0.3) is 0 Å². The molecular formula is C23H29F3N4O2S. The van der Waals surface area contributed by atoms with Gasteiger partial charge in [-0.25, -0.2) is 0 Å². The van der Waals surface area contributed by atoms with Gasteiger partial charge in [0.1, 0.15) is 0 Å². The lowest BCUT2D eigenvalue weighted by Gasteiger charge is -2.38. The summed E-state index contributed by atoms with van der Waals surface area (Å²) in [5, 5.41) is 12.5. The highest BCUT2D eigenvalue weighted by atomic mass is 32.1. The molecule has 2 aromatic rings. The van der Waals surface area contributed by atoms with Gasteiger partial charge >= 0.3 is 12.1 Å². The van der Waals surface area contributed by atoms with Gasteiger partial charge in [0.05, 0.1) is 17.3 Å². The molecule has 4 rings (SSSR count). The van der Waals surface area contributed by atoms with Gasteiger partial charge in [-0.2, -0.15) is 22.5 Å². The van der Waals surface area contributed by atoms with Crippen molar-refractivity contribution >= 4 is 34.0 Å². The topological polar surface area (TPSA) is 78.4 Å². The molecule has 2 N–H and O–H groups in total. The first-order valence-corrected chi connectivity index (χ1v) is 12.2. The molecule has 0 bridgehead atoms. The van der Waals surface area contributed by atoms with Crippen molar-refractivity contribution in [3.8, 4) is 0 Å². The Morgan fingerprint density at radius 3 is 2.58 bits per heavy atom. The Morgan fingerprint density at radius 1 is 1.27 bits per heavy atom. The molecule has 1 aromatic heterocycles. The van der Waals surface area contributed by atoms with E-state index in [-0.39, 0.29) is 11.0 Å². The predicted molar refractivity (Wildman–Crippen MR) is 122 cm³/mol. The normalized spacial score (nSPS) is 21.3. The van der Waals surface area contributed by atoms with E-state index in [4.69, 9.17) is 0 Å². The minimum absolute atomic E-state index is 0.0689. The Kier molecular flexibility index (Phi) is 6.83. The smallest absolute Gasteiger partial charge is 0.452 e. The fraction of sp³-hybridized carbons (Fsp3) is 0.609. The highest BCUT2D eigenvalue weighted by Gasteiger charge is 2.44. The van der Waals surface area contributed by atoms with Crippen molar-refractivity contribution in [1.82, 2.24) is 9.36 Å². The number of halogens is 3. The maximum absolute atomic E-state index is 13.0. The average Bonchev–Trinajstić information content (AvgIpc) is 3.43. The van der Waals surface area contributed by atoms with Crippen LogP contribution in [-0.4, -0.2) is 33.0 Å². The van der Waals surface area contributed by atoms with Crippen LogP contribution in [0, 0.1) is 11.8 Å². The Balaban J connectivity index is 1.69. The number of carboxylic acid groups (broad SMARTS) is 1. The molecule has 2 saturated carbocycles. The Morgan fingerprint density at radius 2 is 2.00 bits per heavy atom. The summed E-state index contributed by atoms with van der Waals surface area (Å²) in [6.07, 6.45) is 1.67. The van der Waals surface area contributed by atoms with E-state index in [2.05, 4.69) is 33.4 Å². The van der Waals surface area contributed by atoms with Gasteiger partial charge in [-0.05, 0) is 48.8 Å². The first-order valence-electron chi connectivity index (χ1n) is 11.4. The van der Waals surface area contributed by atoms with Crippen LogP contribution in [0.3, 0.4) is 0 Å². The van der Waals surface area contributed by atoms with Gasteiger partial charge in [0.2, 0.25) is 11.0 Å². The second-order valence-corrected chi connectivity index (χ2v) is 10.2. The van der Waals surface area contributed by atoms with E-state index in [1.54, 1.807) is 0 Å². The van der Waals surface area contributed by atoms with Crippen LogP contribution in [0.4, 0.5) is 29.7 Å². The first-order chi connectivity index (χ1) is 15.6. The molecule has 2 fully saturated rings. The molecule has 2 aliphatic carbocycles. The van der Waals surface area contributed by atoms with Crippen molar-refractivity contribution in [3.63, 3.8) is 0 Å². The molecule has 10 heteroatoms. The largest absolute Gasteiger partial charge is 0.481 e. The minimum Gasteiger partial charge on any atom is -0.481 e. The molecule has 33 heavy (non-hydrogen) atoms. The third-order valence-corrected chi connectivity index (χ3v) is 6.99. The lowest BCUT2D eigenvalue weighted by Crippen LogP contribution is -2.39. The number of carboxylic acids is 1. The van der Waals surface area contributed by atoms with Gasteiger partial charge in [0.25, 0.3) is 0 Å². The monoisotopic (exact) mass is 482 g/mol. The Labute approximate surface area is 195 Å². The molecule has 0 radical (unpaired) electrons. The van der Waals surface area contributed by atoms with Crippen LogP contribution >= 0.6 is 11.5 Å². The number of hydrogen-bond donors (Lipinski definition) is 2. The molecule has 2 aliphatic rings. The summed E-state index contributed by atoms with van der Waals surface area (Å²) in [5.74, 6) is -2.07. The first kappa shape index (κ1) is 23.8. The second-order valence-electron chi connectivity index (χ2n) is 9.45. The van der Waals surface area contributed by atoms with E-state index in [1.807, 2.05) is 18.2 Å². The summed E-state index contributed by atoms with van der Waals surface area (Å²) in [6.45, 7) is 5.13. The zero-order valence-corrected chi connectivity index (χ0v) is 19.5. The number of rotatable bonds is 8. The Hall–Kier alpha value is -2.36. The van der Waals surface area contributed by atoms with E-state index in [9.17, 15) is 23.1 Å². The molecule has 0 saturated heterocycles. The number of alkyl halides is 3. The van der Waals surface area contributed by atoms with Gasteiger partial charge in [0.15, 0.2) is 0 Å². The maximum Gasteiger partial charge on any atom is 0.452 e. The molecule has 0 amide bonds. The molecule has 2 unspecified atom stereocenters. The molecule has 0 aliphatic heterocycles. The summed E-state index contributed by atoms with van der Waals surface area (Å²) in [5.41, 5.74) is 2.44. The molecule has 0 spiro atoms. The van der Waals surface area contributed by atoms with Gasteiger partial charge in [-0.1, -0.05) is 39.2 Å². The van der Waals surface area contributed by atoms with Crippen LogP contribution in [0.2, 0.25) is 0 Å². The lowest BCUT2D eigenvalue weighted by molar-refractivity contribution is -0.144. The van der Waals surface area contributed by atoms with E-state index in [1.165, 1.54) is 6.42 Å². The SMILES string of the molecule is CC(C)CN(c1ccc(C2CC2C(=O)O)cc1Nc1nc(C(F)(F)F)ns1)C1CCCCC1. The van der Waals surface area contributed by atoms with Crippen LogP contribution < -0.4 is 10.2 Å². The summed E-state index contributed by atoms with van der Waals surface area (Å²) >= 11 is 0.672. The van der Waals surface area contributed by atoms with Crippen LogP contribution in [0.1, 0.15) is 69.7 Å². The number of benzene rings is 1. The fourth-order valence-electron chi connectivity index (χ4n) is 4.71. The number of nitrogens with one attached hydrogen (secondary N) is 1. The van der Waals surface area contributed by atoms with Crippen molar-refractivity contribution < 1.29 is 23.1 Å².